The second-order valence-electron chi connectivity index (χ2n) is 4.59. The van der Waals surface area contributed by atoms with Gasteiger partial charge in [0.05, 0.1) is 11.3 Å². The number of carbonyl (C=O) groups is 1. The zero-order valence-electron chi connectivity index (χ0n) is 11.3. The normalized spacial score (nSPS) is 10.3. The van der Waals surface area contributed by atoms with E-state index in [4.69, 9.17) is 5.11 Å². The summed E-state index contributed by atoms with van der Waals surface area (Å²) >= 11 is 3.45. The first-order chi connectivity index (χ1) is 9.47. The van der Waals surface area contributed by atoms with E-state index < -0.39 is 5.97 Å². The number of anilines is 1. The molecule has 0 aliphatic carbocycles. The minimum atomic E-state index is -0.948. The number of aryl methyl sites for hydroxylation is 1. The topological polar surface area (TPSA) is 53.4 Å². The first-order valence-electron chi connectivity index (χ1n) is 6.14. The Labute approximate surface area is 126 Å². The maximum atomic E-state index is 11.0. The zero-order chi connectivity index (χ0) is 14.7. The number of pyridine rings is 1. The van der Waals surface area contributed by atoms with E-state index >= 15 is 0 Å². The van der Waals surface area contributed by atoms with E-state index in [0.29, 0.717) is 12.2 Å². The van der Waals surface area contributed by atoms with Crippen LogP contribution in [0.5, 0.6) is 0 Å². The van der Waals surface area contributed by atoms with Gasteiger partial charge < -0.3 is 10.0 Å². The molecule has 1 aromatic carbocycles. The van der Waals surface area contributed by atoms with Crippen molar-refractivity contribution in [3.8, 4) is 0 Å². The highest BCUT2D eigenvalue weighted by molar-refractivity contribution is 9.10. The van der Waals surface area contributed by atoms with Crippen LogP contribution in [0, 0.1) is 6.92 Å². The van der Waals surface area contributed by atoms with Gasteiger partial charge in [-0.25, -0.2) is 9.78 Å². The van der Waals surface area contributed by atoms with Crippen molar-refractivity contribution in [3.05, 3.63) is 57.7 Å². The lowest BCUT2D eigenvalue weighted by molar-refractivity contribution is 0.0695. The number of rotatable bonds is 4. The van der Waals surface area contributed by atoms with Crippen LogP contribution in [0.1, 0.15) is 21.6 Å². The van der Waals surface area contributed by atoms with Gasteiger partial charge in [0.1, 0.15) is 5.82 Å². The van der Waals surface area contributed by atoms with Crippen molar-refractivity contribution in [1.29, 1.82) is 0 Å². The predicted octanol–water partition coefficient (Wildman–Crippen LogP) is 3.49. The number of halogens is 1. The van der Waals surface area contributed by atoms with Crippen LogP contribution in [0.25, 0.3) is 0 Å². The second-order valence-corrected chi connectivity index (χ2v) is 5.51. The van der Waals surface area contributed by atoms with E-state index in [1.54, 1.807) is 19.1 Å². The number of hydrogen-bond donors (Lipinski definition) is 1. The van der Waals surface area contributed by atoms with Gasteiger partial charge in [0, 0.05) is 18.1 Å². The molecule has 0 bridgehead atoms. The number of nitrogens with zero attached hydrogens (tertiary/aromatic N) is 2. The molecule has 2 rings (SSSR count). The highest BCUT2D eigenvalue weighted by atomic mass is 79.9. The summed E-state index contributed by atoms with van der Waals surface area (Å²) in [6.45, 7) is 2.41. The van der Waals surface area contributed by atoms with Crippen LogP contribution in [0.15, 0.2) is 40.9 Å². The van der Waals surface area contributed by atoms with E-state index in [1.807, 2.05) is 30.1 Å². The molecule has 0 fully saturated rings. The molecule has 0 aliphatic heterocycles. The first kappa shape index (κ1) is 14.5. The molecular weight excluding hydrogens is 320 g/mol. The lowest BCUT2D eigenvalue weighted by Gasteiger charge is -2.19. The Hall–Kier alpha value is -1.88. The Morgan fingerprint density at radius 1 is 1.35 bits per heavy atom. The number of carboxylic acids is 1. The van der Waals surface area contributed by atoms with Crippen LogP contribution < -0.4 is 4.90 Å². The Bertz CT molecular complexity index is 644. The first-order valence-corrected chi connectivity index (χ1v) is 6.93. The van der Waals surface area contributed by atoms with E-state index in [9.17, 15) is 4.79 Å². The van der Waals surface area contributed by atoms with E-state index in [1.165, 1.54) is 0 Å². The molecule has 0 saturated carbocycles. The summed E-state index contributed by atoms with van der Waals surface area (Å²) in [7, 11) is 1.93. The van der Waals surface area contributed by atoms with Crippen LogP contribution in [0.3, 0.4) is 0 Å². The molecule has 0 unspecified atom stereocenters. The summed E-state index contributed by atoms with van der Waals surface area (Å²) in [5.74, 6) is -0.191. The van der Waals surface area contributed by atoms with Crippen molar-refractivity contribution in [3.63, 3.8) is 0 Å². The number of benzene rings is 1. The maximum Gasteiger partial charge on any atom is 0.337 e. The van der Waals surface area contributed by atoms with Crippen molar-refractivity contribution >= 4 is 27.7 Å². The quantitative estimate of drug-likeness (QED) is 0.929. The van der Waals surface area contributed by atoms with E-state index in [2.05, 4.69) is 27.0 Å². The van der Waals surface area contributed by atoms with Gasteiger partial charge in [-0.2, -0.15) is 0 Å². The summed E-state index contributed by atoms with van der Waals surface area (Å²) in [6.07, 6.45) is 0. The highest BCUT2D eigenvalue weighted by Crippen LogP contribution is 2.18. The average Bonchev–Trinajstić information content (AvgIpc) is 2.38. The Morgan fingerprint density at radius 2 is 2.10 bits per heavy atom. The van der Waals surface area contributed by atoms with Gasteiger partial charge in [-0.3, -0.25) is 0 Å². The molecule has 0 radical (unpaired) electrons. The maximum absolute atomic E-state index is 11.0. The minimum absolute atomic E-state index is 0.240. The summed E-state index contributed by atoms with van der Waals surface area (Å²) in [5.41, 5.74) is 1.92. The third-order valence-corrected chi connectivity index (χ3v) is 3.49. The largest absolute Gasteiger partial charge is 0.478 e. The summed E-state index contributed by atoms with van der Waals surface area (Å²) in [6, 6.07) is 11.4. The van der Waals surface area contributed by atoms with Gasteiger partial charge in [-0.05, 0) is 36.8 Å². The van der Waals surface area contributed by atoms with Gasteiger partial charge >= 0.3 is 5.97 Å². The third-order valence-electron chi connectivity index (χ3n) is 3.00. The molecule has 20 heavy (non-hydrogen) atoms. The molecule has 2 aromatic rings. The summed E-state index contributed by atoms with van der Waals surface area (Å²) in [5, 5.41) is 9.00. The molecule has 0 aliphatic rings. The number of carboxylic acid groups (broad SMARTS) is 1. The van der Waals surface area contributed by atoms with Gasteiger partial charge in [0.2, 0.25) is 0 Å². The van der Waals surface area contributed by atoms with Gasteiger partial charge in [0.25, 0.3) is 0 Å². The van der Waals surface area contributed by atoms with Crippen LogP contribution in [0.2, 0.25) is 0 Å². The molecule has 1 heterocycles. The fraction of sp³-hybridized carbons (Fsp3) is 0.200. The van der Waals surface area contributed by atoms with E-state index in [-0.39, 0.29) is 5.56 Å². The Balaban J connectivity index is 2.19. The molecule has 5 heteroatoms. The van der Waals surface area contributed by atoms with E-state index in [0.717, 1.165) is 15.9 Å². The predicted molar refractivity (Wildman–Crippen MR) is 82.2 cm³/mol. The SMILES string of the molecule is Cc1nc(N(C)Cc2cccc(Br)c2)ccc1C(=O)O. The molecule has 4 nitrogen and oxygen atoms in total. The van der Waals surface area contributed by atoms with Crippen LogP contribution in [-0.2, 0) is 6.54 Å². The average molecular weight is 335 g/mol. The molecule has 1 N–H and O–H groups in total. The van der Waals surface area contributed by atoms with Crippen molar-refractivity contribution in [2.75, 3.05) is 11.9 Å². The van der Waals surface area contributed by atoms with Gasteiger partial charge in [0.15, 0.2) is 0 Å². The molecule has 0 atom stereocenters. The molecule has 0 amide bonds. The van der Waals surface area contributed by atoms with Crippen molar-refractivity contribution in [2.45, 2.75) is 13.5 Å². The Morgan fingerprint density at radius 3 is 2.70 bits per heavy atom. The fourth-order valence-corrected chi connectivity index (χ4v) is 2.42. The lowest BCUT2D eigenvalue weighted by atomic mass is 10.2. The zero-order valence-corrected chi connectivity index (χ0v) is 12.9. The second kappa shape index (κ2) is 6.05. The molecule has 0 spiro atoms. The molecule has 104 valence electrons. The van der Waals surface area contributed by atoms with Crippen molar-refractivity contribution in [1.82, 2.24) is 4.98 Å². The third kappa shape index (κ3) is 3.36. The van der Waals surface area contributed by atoms with Gasteiger partial charge in [-0.15, -0.1) is 0 Å². The fourth-order valence-electron chi connectivity index (χ4n) is 1.98. The monoisotopic (exact) mass is 334 g/mol. The van der Waals surface area contributed by atoms with Crippen LogP contribution >= 0.6 is 15.9 Å². The molecular formula is C15H15BrN2O2. The smallest absolute Gasteiger partial charge is 0.337 e. The standard InChI is InChI=1S/C15H15BrN2O2/c1-10-13(15(19)20)6-7-14(17-10)18(2)9-11-4-3-5-12(16)8-11/h3-8H,9H2,1-2H3,(H,19,20). The number of hydrogen-bond acceptors (Lipinski definition) is 3. The summed E-state index contributed by atoms with van der Waals surface area (Å²) in [4.78, 5) is 17.3. The highest BCUT2D eigenvalue weighted by Gasteiger charge is 2.11. The van der Waals surface area contributed by atoms with Crippen molar-refractivity contribution in [2.24, 2.45) is 0 Å². The number of aromatic nitrogens is 1. The van der Waals surface area contributed by atoms with Crippen LogP contribution in [-0.4, -0.2) is 23.1 Å². The van der Waals surface area contributed by atoms with Crippen LogP contribution in [0.4, 0.5) is 5.82 Å². The minimum Gasteiger partial charge on any atom is -0.478 e. The number of aromatic carboxylic acids is 1. The van der Waals surface area contributed by atoms with Gasteiger partial charge in [-0.1, -0.05) is 28.1 Å². The summed E-state index contributed by atoms with van der Waals surface area (Å²) < 4.78 is 1.04. The Kier molecular flexibility index (Phi) is 4.39. The van der Waals surface area contributed by atoms with Crippen molar-refractivity contribution < 1.29 is 9.90 Å². The molecule has 0 saturated heterocycles. The lowest BCUT2D eigenvalue weighted by Crippen LogP contribution is -2.18. The molecule has 1 aromatic heterocycles.